The number of anilines is 2. The molecule has 4 N–H and O–H groups in total. The zero-order valence-electron chi connectivity index (χ0n) is 26.9. The Kier molecular flexibility index (Phi) is 10.3. The Hall–Kier alpha value is -3.71. The molecule has 0 saturated carbocycles. The van der Waals surface area contributed by atoms with Crippen LogP contribution in [0.5, 0.6) is 0 Å². The number of nitrogens with one attached hydrogen (secondary N) is 2. The van der Waals surface area contributed by atoms with Gasteiger partial charge in [0.1, 0.15) is 6.04 Å². The summed E-state index contributed by atoms with van der Waals surface area (Å²) in [5, 5.41) is 5.59. The number of piperidine rings is 2. The number of alkyl halides is 3. The minimum absolute atomic E-state index is 0.0598. The first-order valence-electron chi connectivity index (χ1n) is 16.9. The molecule has 3 fully saturated rings. The number of amides is 5. The lowest BCUT2D eigenvalue weighted by atomic mass is 9.98. The van der Waals surface area contributed by atoms with Crippen molar-refractivity contribution in [3.8, 4) is 0 Å². The normalized spacial score (nSPS) is 20.7. The van der Waals surface area contributed by atoms with Gasteiger partial charge in [-0.25, -0.2) is 9.59 Å². The molecule has 10 nitrogen and oxygen atoms in total. The summed E-state index contributed by atoms with van der Waals surface area (Å²) in [6.45, 7) is 4.43. The number of hydrogen-bond acceptors (Lipinski definition) is 5. The highest BCUT2D eigenvalue weighted by atomic mass is 35.5. The summed E-state index contributed by atoms with van der Waals surface area (Å²) in [5.74, 6) is -0.333. The van der Waals surface area contributed by atoms with Crippen LogP contribution in [0.3, 0.4) is 0 Å². The van der Waals surface area contributed by atoms with Crippen LogP contribution in [-0.4, -0.2) is 102 Å². The number of para-hydroxylation sites is 1. The minimum Gasteiger partial charge on any atom is -0.397 e. The van der Waals surface area contributed by atoms with E-state index in [0.717, 1.165) is 49.7 Å². The molecule has 0 aromatic heterocycles. The van der Waals surface area contributed by atoms with Gasteiger partial charge in [-0.05, 0) is 87.4 Å². The lowest BCUT2D eigenvalue weighted by molar-refractivity contribution is -0.137. The monoisotopic (exact) mass is 689 g/mol. The number of nitrogen functional groups attached to an aromatic ring is 1. The van der Waals surface area contributed by atoms with Crippen LogP contribution in [0.25, 0.3) is 0 Å². The van der Waals surface area contributed by atoms with E-state index in [-0.39, 0.29) is 35.0 Å². The van der Waals surface area contributed by atoms with Crippen molar-refractivity contribution in [2.75, 3.05) is 56.9 Å². The van der Waals surface area contributed by atoms with E-state index < -0.39 is 29.5 Å². The zero-order valence-corrected chi connectivity index (χ0v) is 27.7. The Bertz CT molecular complexity index is 1500. The van der Waals surface area contributed by atoms with Gasteiger partial charge >= 0.3 is 18.2 Å². The van der Waals surface area contributed by atoms with E-state index in [4.69, 9.17) is 17.3 Å². The lowest BCUT2D eigenvalue weighted by Crippen LogP contribution is -2.57. The van der Waals surface area contributed by atoms with Crippen molar-refractivity contribution < 1.29 is 27.6 Å². The predicted molar refractivity (Wildman–Crippen MR) is 178 cm³/mol. The van der Waals surface area contributed by atoms with Gasteiger partial charge in [0.2, 0.25) is 5.91 Å². The van der Waals surface area contributed by atoms with Crippen molar-refractivity contribution in [1.29, 1.82) is 0 Å². The molecule has 4 aliphatic heterocycles. The molecule has 6 rings (SSSR count). The highest BCUT2D eigenvalue weighted by Gasteiger charge is 2.37. The molecule has 3 saturated heterocycles. The average Bonchev–Trinajstić information content (AvgIpc) is 3.56. The van der Waals surface area contributed by atoms with Crippen molar-refractivity contribution >= 4 is 40.9 Å². The van der Waals surface area contributed by atoms with Crippen LogP contribution in [0.1, 0.15) is 55.2 Å². The zero-order chi connectivity index (χ0) is 34.0. The second kappa shape index (κ2) is 14.4. The molecule has 5 amide bonds. The number of urea groups is 2. The fraction of sp³-hybridized carbons (Fsp3) is 0.559. The SMILES string of the molecule is Nc1c(Cl)cc(C[C@@H](NC(=O)N2CCC(N3CCc4ccccc4NC3=O)CC2)C(=O)N2CCC(N3CCCC3)CC2)cc1C(F)(F)F. The van der Waals surface area contributed by atoms with Gasteiger partial charge in [-0.1, -0.05) is 29.8 Å². The Morgan fingerprint density at radius 1 is 0.938 bits per heavy atom. The summed E-state index contributed by atoms with van der Waals surface area (Å²) < 4.78 is 41.3. The quantitative estimate of drug-likeness (QED) is 0.361. The molecule has 0 spiro atoms. The van der Waals surface area contributed by atoms with Crippen LogP contribution in [-0.2, 0) is 23.8 Å². The fourth-order valence-corrected chi connectivity index (χ4v) is 7.84. The summed E-state index contributed by atoms with van der Waals surface area (Å²) in [6.07, 6.45) is 0.890. The van der Waals surface area contributed by atoms with Crippen LogP contribution in [0.15, 0.2) is 36.4 Å². The van der Waals surface area contributed by atoms with Gasteiger partial charge in [-0.3, -0.25) is 4.79 Å². The number of nitrogens with zero attached hydrogens (tertiary/aromatic N) is 4. The fourth-order valence-electron chi connectivity index (χ4n) is 7.60. The standard InChI is InChI=1S/C34H43ClF3N7O3/c35-27-20-22(19-26(30(27)39)34(36,37)38)21-29(31(46)43-14-8-24(9-15-43)42-12-3-4-13-42)41-32(47)44-16-10-25(11-17-44)45-18-7-23-5-1-2-6-28(23)40-33(45)48/h1-2,5-6,19-20,24-25,29H,3-4,7-18,21,39H2,(H,40,48)(H,41,47)/t29-/m1/s1. The van der Waals surface area contributed by atoms with E-state index in [2.05, 4.69) is 15.5 Å². The predicted octanol–water partition coefficient (Wildman–Crippen LogP) is 5.20. The Morgan fingerprint density at radius 2 is 1.58 bits per heavy atom. The molecule has 0 aliphatic carbocycles. The molecular weight excluding hydrogens is 647 g/mol. The first-order valence-corrected chi connectivity index (χ1v) is 17.2. The van der Waals surface area contributed by atoms with Gasteiger partial charge in [0.25, 0.3) is 0 Å². The third-order valence-corrected chi connectivity index (χ3v) is 10.6. The number of fused-ring (bicyclic) bond motifs is 1. The maximum atomic E-state index is 14.0. The number of hydrogen-bond donors (Lipinski definition) is 3. The van der Waals surface area contributed by atoms with E-state index in [1.165, 1.54) is 18.9 Å². The maximum absolute atomic E-state index is 14.0. The van der Waals surface area contributed by atoms with Crippen molar-refractivity contribution in [2.24, 2.45) is 0 Å². The summed E-state index contributed by atoms with van der Waals surface area (Å²) in [6, 6.07) is 8.56. The highest BCUT2D eigenvalue weighted by molar-refractivity contribution is 6.33. The largest absolute Gasteiger partial charge is 0.418 e. The third kappa shape index (κ3) is 7.62. The van der Waals surface area contributed by atoms with Crippen molar-refractivity contribution in [3.05, 3.63) is 58.1 Å². The number of likely N-dealkylation sites (tertiary alicyclic amines) is 3. The first kappa shape index (κ1) is 34.2. The third-order valence-electron chi connectivity index (χ3n) is 10.3. The molecule has 0 bridgehead atoms. The molecule has 4 aliphatic rings. The first-order chi connectivity index (χ1) is 23.0. The van der Waals surface area contributed by atoms with Crippen LogP contribution < -0.4 is 16.4 Å². The van der Waals surface area contributed by atoms with E-state index in [1.807, 2.05) is 29.2 Å². The van der Waals surface area contributed by atoms with Gasteiger partial charge in [0.15, 0.2) is 0 Å². The van der Waals surface area contributed by atoms with Crippen LogP contribution >= 0.6 is 11.6 Å². The number of carbonyl (C=O) groups is 3. The van der Waals surface area contributed by atoms with Crippen molar-refractivity contribution in [2.45, 2.75) is 75.7 Å². The minimum atomic E-state index is -4.73. The Labute approximate surface area is 283 Å². The summed E-state index contributed by atoms with van der Waals surface area (Å²) >= 11 is 6.11. The molecule has 2 aromatic rings. The smallest absolute Gasteiger partial charge is 0.397 e. The maximum Gasteiger partial charge on any atom is 0.418 e. The van der Waals surface area contributed by atoms with Gasteiger partial charge in [-0.15, -0.1) is 0 Å². The van der Waals surface area contributed by atoms with Crippen LogP contribution in [0.2, 0.25) is 5.02 Å². The Morgan fingerprint density at radius 3 is 2.27 bits per heavy atom. The van der Waals surface area contributed by atoms with Gasteiger partial charge < -0.3 is 36.0 Å². The second-order valence-corrected chi connectivity index (χ2v) is 13.7. The molecule has 2 aromatic carbocycles. The highest BCUT2D eigenvalue weighted by Crippen LogP contribution is 2.38. The number of rotatable bonds is 6. The van der Waals surface area contributed by atoms with Crippen LogP contribution in [0, 0.1) is 0 Å². The summed E-state index contributed by atoms with van der Waals surface area (Å²) in [4.78, 5) is 48.2. The number of halogens is 4. The summed E-state index contributed by atoms with van der Waals surface area (Å²) in [5.41, 5.74) is 6.04. The molecule has 0 unspecified atom stereocenters. The second-order valence-electron chi connectivity index (χ2n) is 13.3. The van der Waals surface area contributed by atoms with Crippen LogP contribution in [0.4, 0.5) is 34.1 Å². The lowest BCUT2D eigenvalue weighted by Gasteiger charge is -2.39. The van der Waals surface area contributed by atoms with E-state index >= 15 is 0 Å². The van der Waals surface area contributed by atoms with Gasteiger partial charge in [0.05, 0.1) is 16.3 Å². The molecule has 4 heterocycles. The average molecular weight is 690 g/mol. The summed E-state index contributed by atoms with van der Waals surface area (Å²) in [7, 11) is 0. The van der Waals surface area contributed by atoms with Crippen molar-refractivity contribution in [1.82, 2.24) is 24.9 Å². The molecule has 14 heteroatoms. The van der Waals surface area contributed by atoms with Gasteiger partial charge in [0, 0.05) is 56.9 Å². The molecule has 260 valence electrons. The number of nitrogens with two attached hydrogens (primary N) is 1. The molecule has 48 heavy (non-hydrogen) atoms. The molecule has 0 radical (unpaired) electrons. The number of carbonyl (C=O) groups excluding carboxylic acids is 3. The van der Waals surface area contributed by atoms with E-state index in [0.29, 0.717) is 51.6 Å². The number of benzene rings is 2. The van der Waals surface area contributed by atoms with Crippen molar-refractivity contribution in [3.63, 3.8) is 0 Å². The molecule has 1 atom stereocenters. The van der Waals surface area contributed by atoms with Gasteiger partial charge in [-0.2, -0.15) is 13.2 Å². The van der Waals surface area contributed by atoms with E-state index in [1.54, 1.807) is 9.80 Å². The molecular formula is C34H43ClF3N7O3. The van der Waals surface area contributed by atoms with E-state index in [9.17, 15) is 27.6 Å². The Balaban J connectivity index is 1.12. The topological polar surface area (TPSA) is 114 Å².